The molecule has 0 bridgehead atoms. The van der Waals surface area contributed by atoms with Crippen molar-refractivity contribution in [2.24, 2.45) is 5.92 Å². The Balaban J connectivity index is 2.48. The summed E-state index contributed by atoms with van der Waals surface area (Å²) in [6.07, 6.45) is 20.3. The largest absolute Gasteiger partial charge is 0.461 e. The number of hydrogen-bond acceptors (Lipinski definition) is 3. The third-order valence-corrected chi connectivity index (χ3v) is 12.3. The molecular formula is C28H56O3Si. The van der Waals surface area contributed by atoms with Crippen molar-refractivity contribution in [2.75, 3.05) is 0 Å². The van der Waals surface area contributed by atoms with E-state index in [0.717, 1.165) is 25.7 Å². The molecule has 3 atom stereocenters. The summed E-state index contributed by atoms with van der Waals surface area (Å²) >= 11 is 0. The minimum absolute atomic E-state index is 0.0342. The molecule has 1 aliphatic rings. The predicted octanol–water partition coefficient (Wildman–Crippen LogP) is 9.20. The van der Waals surface area contributed by atoms with Gasteiger partial charge in [-0.2, -0.15) is 0 Å². The fourth-order valence-electron chi connectivity index (χ4n) is 4.47. The van der Waals surface area contributed by atoms with E-state index in [0.29, 0.717) is 0 Å². The lowest BCUT2D eigenvalue weighted by Crippen LogP contribution is -2.49. The van der Waals surface area contributed by atoms with E-state index in [-0.39, 0.29) is 29.1 Å². The summed E-state index contributed by atoms with van der Waals surface area (Å²) in [5.74, 6) is 0.146. The van der Waals surface area contributed by atoms with Gasteiger partial charge in [0, 0.05) is 12.5 Å². The zero-order chi connectivity index (χ0) is 24.0. The molecule has 1 saturated heterocycles. The molecule has 0 aromatic carbocycles. The topological polar surface area (TPSA) is 35.5 Å². The van der Waals surface area contributed by atoms with Crippen molar-refractivity contribution >= 4 is 14.3 Å². The van der Waals surface area contributed by atoms with Crippen LogP contribution in [0.3, 0.4) is 0 Å². The molecule has 190 valence electrons. The molecule has 0 aliphatic carbocycles. The fourth-order valence-corrected chi connectivity index (χ4v) is 5.87. The third-order valence-electron chi connectivity index (χ3n) is 7.78. The Morgan fingerprint density at radius 1 is 0.844 bits per heavy atom. The SMILES string of the molecule is CCCCCCCCCC[C@@H]1C(=O)O[C@H]1C[C@@H](CCCCCCC)O[Si](C)(C)C(C)(C)C. The summed E-state index contributed by atoms with van der Waals surface area (Å²) in [5, 5.41) is 0.209. The second kappa shape index (κ2) is 15.5. The predicted molar refractivity (Wildman–Crippen MR) is 141 cm³/mol. The first kappa shape index (κ1) is 29.7. The molecule has 0 radical (unpaired) electrons. The van der Waals surface area contributed by atoms with Gasteiger partial charge in [0.05, 0.1) is 5.92 Å². The van der Waals surface area contributed by atoms with Gasteiger partial charge in [-0.05, 0) is 31.0 Å². The van der Waals surface area contributed by atoms with Crippen molar-refractivity contribution < 1.29 is 14.0 Å². The summed E-state index contributed by atoms with van der Waals surface area (Å²) in [5.41, 5.74) is 0. The van der Waals surface area contributed by atoms with E-state index in [4.69, 9.17) is 9.16 Å². The van der Waals surface area contributed by atoms with Crippen molar-refractivity contribution in [1.29, 1.82) is 0 Å². The Morgan fingerprint density at radius 3 is 1.84 bits per heavy atom. The Bertz CT molecular complexity index is 497. The van der Waals surface area contributed by atoms with Gasteiger partial charge in [-0.15, -0.1) is 0 Å². The molecule has 1 rings (SSSR count). The van der Waals surface area contributed by atoms with E-state index >= 15 is 0 Å². The van der Waals surface area contributed by atoms with E-state index < -0.39 is 8.32 Å². The van der Waals surface area contributed by atoms with E-state index in [1.807, 2.05) is 0 Å². The van der Waals surface area contributed by atoms with E-state index in [2.05, 4.69) is 47.7 Å². The lowest BCUT2D eigenvalue weighted by molar-refractivity contribution is -0.188. The minimum atomic E-state index is -1.83. The van der Waals surface area contributed by atoms with Crippen molar-refractivity contribution in [2.45, 2.75) is 168 Å². The highest BCUT2D eigenvalue weighted by Gasteiger charge is 2.45. The average Bonchev–Trinajstić information content (AvgIpc) is 2.70. The number of ether oxygens (including phenoxy) is 1. The van der Waals surface area contributed by atoms with E-state index in [1.165, 1.54) is 77.0 Å². The molecule has 1 aliphatic heterocycles. The molecule has 1 fully saturated rings. The monoisotopic (exact) mass is 468 g/mol. The Morgan fingerprint density at radius 2 is 1.34 bits per heavy atom. The van der Waals surface area contributed by atoms with Gasteiger partial charge in [0.15, 0.2) is 8.32 Å². The number of unbranched alkanes of at least 4 members (excludes halogenated alkanes) is 11. The molecule has 0 amide bonds. The number of esters is 1. The third kappa shape index (κ3) is 11.2. The Labute approximate surface area is 201 Å². The van der Waals surface area contributed by atoms with Gasteiger partial charge < -0.3 is 9.16 Å². The number of rotatable bonds is 19. The van der Waals surface area contributed by atoms with Crippen LogP contribution in [0.2, 0.25) is 18.1 Å². The summed E-state index contributed by atoms with van der Waals surface area (Å²) in [6, 6.07) is 0. The van der Waals surface area contributed by atoms with Crippen LogP contribution in [0.1, 0.15) is 137 Å². The van der Waals surface area contributed by atoms with Crippen molar-refractivity contribution in [1.82, 2.24) is 0 Å². The highest BCUT2D eigenvalue weighted by molar-refractivity contribution is 6.74. The lowest BCUT2D eigenvalue weighted by atomic mass is 9.86. The van der Waals surface area contributed by atoms with Gasteiger partial charge in [0.1, 0.15) is 6.10 Å². The molecular weight excluding hydrogens is 412 g/mol. The summed E-state index contributed by atoms with van der Waals surface area (Å²) < 4.78 is 12.5. The molecule has 32 heavy (non-hydrogen) atoms. The summed E-state index contributed by atoms with van der Waals surface area (Å²) in [4.78, 5) is 12.2. The van der Waals surface area contributed by atoms with Crippen LogP contribution in [0, 0.1) is 5.92 Å². The second-order valence-electron chi connectivity index (χ2n) is 11.8. The maximum Gasteiger partial charge on any atom is 0.313 e. The van der Waals surface area contributed by atoms with Crippen LogP contribution < -0.4 is 0 Å². The molecule has 0 saturated carbocycles. The number of carbonyl (C=O) groups excluding carboxylic acids is 1. The smallest absolute Gasteiger partial charge is 0.313 e. The quantitative estimate of drug-likeness (QED) is 0.108. The van der Waals surface area contributed by atoms with Gasteiger partial charge in [0.25, 0.3) is 0 Å². The second-order valence-corrected chi connectivity index (χ2v) is 16.5. The molecule has 1 heterocycles. The Kier molecular flexibility index (Phi) is 14.4. The van der Waals surface area contributed by atoms with Crippen LogP contribution in [0.15, 0.2) is 0 Å². The first-order valence-corrected chi connectivity index (χ1v) is 16.9. The number of cyclic esters (lactones) is 1. The molecule has 0 aromatic rings. The highest BCUT2D eigenvalue weighted by atomic mass is 28.4. The van der Waals surface area contributed by atoms with Gasteiger partial charge in [-0.25, -0.2) is 0 Å². The summed E-state index contributed by atoms with van der Waals surface area (Å²) in [7, 11) is -1.83. The van der Waals surface area contributed by atoms with Crippen molar-refractivity contribution in [3.05, 3.63) is 0 Å². The van der Waals surface area contributed by atoms with Crippen LogP contribution in [0.25, 0.3) is 0 Å². The van der Waals surface area contributed by atoms with Crippen LogP contribution >= 0.6 is 0 Å². The van der Waals surface area contributed by atoms with Crippen LogP contribution in [0.5, 0.6) is 0 Å². The zero-order valence-corrected chi connectivity index (χ0v) is 23.8. The average molecular weight is 469 g/mol. The molecule has 0 aromatic heterocycles. The minimum Gasteiger partial charge on any atom is -0.461 e. The lowest BCUT2D eigenvalue weighted by Gasteiger charge is -2.42. The standard InChI is InChI=1S/C28H56O3Si/c1-8-10-12-14-15-16-18-20-22-25-26(30-27(25)29)23-24(21-19-17-13-11-9-2)31-32(6,7)28(3,4)5/h24-26H,8-23H2,1-7H3/t24-,25+,26+/m1/s1. The van der Waals surface area contributed by atoms with E-state index in [1.54, 1.807) is 0 Å². The van der Waals surface area contributed by atoms with Gasteiger partial charge in [-0.3, -0.25) is 4.79 Å². The molecule has 0 unspecified atom stereocenters. The van der Waals surface area contributed by atoms with Crippen molar-refractivity contribution in [3.63, 3.8) is 0 Å². The number of carbonyl (C=O) groups is 1. The maximum atomic E-state index is 12.2. The maximum absolute atomic E-state index is 12.2. The zero-order valence-electron chi connectivity index (χ0n) is 22.8. The number of hydrogen-bond donors (Lipinski definition) is 0. The highest BCUT2D eigenvalue weighted by Crippen LogP contribution is 2.40. The Hall–Kier alpha value is -0.353. The first-order chi connectivity index (χ1) is 15.1. The molecule has 3 nitrogen and oxygen atoms in total. The molecule has 0 spiro atoms. The first-order valence-electron chi connectivity index (χ1n) is 14.0. The van der Waals surface area contributed by atoms with Crippen LogP contribution in [-0.4, -0.2) is 26.5 Å². The molecule has 4 heteroatoms. The normalized spacial score (nSPS) is 20.2. The van der Waals surface area contributed by atoms with Crippen molar-refractivity contribution in [3.8, 4) is 0 Å². The summed E-state index contributed by atoms with van der Waals surface area (Å²) in [6.45, 7) is 16.2. The van der Waals surface area contributed by atoms with Gasteiger partial charge in [0.2, 0.25) is 0 Å². The van der Waals surface area contributed by atoms with Gasteiger partial charge >= 0.3 is 5.97 Å². The molecule has 0 N–H and O–H groups in total. The van der Waals surface area contributed by atoms with Gasteiger partial charge in [-0.1, -0.05) is 118 Å². The van der Waals surface area contributed by atoms with Crippen LogP contribution in [0.4, 0.5) is 0 Å². The van der Waals surface area contributed by atoms with Crippen LogP contribution in [-0.2, 0) is 14.0 Å². The van der Waals surface area contributed by atoms with E-state index in [9.17, 15) is 4.79 Å². The fraction of sp³-hybridized carbons (Fsp3) is 0.964.